The molecule has 0 aromatic heterocycles. The second kappa shape index (κ2) is 8.55. The van der Waals surface area contributed by atoms with Crippen molar-refractivity contribution in [1.29, 1.82) is 0 Å². The van der Waals surface area contributed by atoms with E-state index < -0.39 is 0 Å². The minimum absolute atomic E-state index is 0.0374. The lowest BCUT2D eigenvalue weighted by Gasteiger charge is -2.40. The molecule has 1 aliphatic heterocycles. The summed E-state index contributed by atoms with van der Waals surface area (Å²) in [4.78, 5) is 18.4. The highest BCUT2D eigenvalue weighted by molar-refractivity contribution is 5.78. The molecule has 1 heterocycles. The van der Waals surface area contributed by atoms with Gasteiger partial charge in [-0.1, -0.05) is 12.1 Å². The van der Waals surface area contributed by atoms with Gasteiger partial charge in [0.1, 0.15) is 5.82 Å². The summed E-state index contributed by atoms with van der Waals surface area (Å²) in [7, 11) is 1.75. The van der Waals surface area contributed by atoms with Crippen LogP contribution in [0.15, 0.2) is 24.3 Å². The number of nitrogens with zero attached hydrogens (tertiary/aromatic N) is 3. The average molecular weight is 337 g/mol. The number of carbonyl (C=O) groups is 1. The minimum atomic E-state index is -0.335. The molecule has 1 amide bonds. The van der Waals surface area contributed by atoms with Crippen LogP contribution in [-0.2, 0) is 11.3 Å². The second-order valence-electron chi connectivity index (χ2n) is 6.81. The van der Waals surface area contributed by atoms with Crippen molar-refractivity contribution in [2.75, 3.05) is 39.8 Å². The highest BCUT2D eigenvalue weighted by Gasteiger charge is 2.26. The van der Waals surface area contributed by atoms with Gasteiger partial charge in [0.15, 0.2) is 0 Å². The number of aliphatic hydroxyl groups excluding tert-OH is 1. The van der Waals surface area contributed by atoms with Crippen molar-refractivity contribution >= 4 is 5.91 Å². The number of hydrogen-bond acceptors (Lipinski definition) is 4. The Labute approximate surface area is 143 Å². The van der Waals surface area contributed by atoms with Crippen LogP contribution in [0.25, 0.3) is 0 Å². The number of β-amino-alcohol motifs (C(OH)–C–C–N with tert-alkyl or cyclic N) is 1. The van der Waals surface area contributed by atoms with Gasteiger partial charge in [0.25, 0.3) is 0 Å². The number of amides is 1. The molecule has 1 fully saturated rings. The van der Waals surface area contributed by atoms with E-state index in [9.17, 15) is 14.3 Å². The topological polar surface area (TPSA) is 47.0 Å². The third-order valence-corrected chi connectivity index (χ3v) is 4.44. The Bertz CT molecular complexity index is 553. The van der Waals surface area contributed by atoms with Gasteiger partial charge in [-0.25, -0.2) is 4.39 Å². The van der Waals surface area contributed by atoms with Gasteiger partial charge >= 0.3 is 0 Å². The predicted molar refractivity (Wildman–Crippen MR) is 92.0 cm³/mol. The molecule has 1 N–H and O–H groups in total. The Morgan fingerprint density at radius 2 is 2.21 bits per heavy atom. The van der Waals surface area contributed by atoms with Gasteiger partial charge in [-0.15, -0.1) is 0 Å². The molecule has 0 radical (unpaired) electrons. The zero-order valence-electron chi connectivity index (χ0n) is 14.8. The van der Waals surface area contributed by atoms with Crippen molar-refractivity contribution in [3.05, 3.63) is 35.6 Å². The standard InChI is InChI=1S/C18H28FN3O2/c1-14-10-21(7-8-22(14)11-15(2)23)13-18(24)20(3)12-16-5-4-6-17(19)9-16/h4-6,9,14-15,23H,7-8,10-13H2,1-3H3. The van der Waals surface area contributed by atoms with Crippen LogP contribution >= 0.6 is 0 Å². The second-order valence-corrected chi connectivity index (χ2v) is 6.81. The number of rotatable bonds is 6. The molecule has 0 bridgehead atoms. The van der Waals surface area contributed by atoms with Crippen LogP contribution in [0.1, 0.15) is 19.4 Å². The fourth-order valence-corrected chi connectivity index (χ4v) is 3.13. The van der Waals surface area contributed by atoms with E-state index >= 15 is 0 Å². The van der Waals surface area contributed by atoms with Crippen molar-refractivity contribution in [1.82, 2.24) is 14.7 Å². The quantitative estimate of drug-likeness (QED) is 0.847. The molecule has 134 valence electrons. The average Bonchev–Trinajstić information content (AvgIpc) is 2.49. The van der Waals surface area contributed by atoms with E-state index in [-0.39, 0.29) is 17.8 Å². The van der Waals surface area contributed by atoms with E-state index in [4.69, 9.17) is 0 Å². The first kappa shape index (κ1) is 18.8. The highest BCUT2D eigenvalue weighted by atomic mass is 19.1. The van der Waals surface area contributed by atoms with Crippen LogP contribution in [0.2, 0.25) is 0 Å². The van der Waals surface area contributed by atoms with Gasteiger partial charge in [0, 0.05) is 45.8 Å². The van der Waals surface area contributed by atoms with Gasteiger partial charge in [-0.3, -0.25) is 14.6 Å². The molecule has 1 aromatic carbocycles. The molecular weight excluding hydrogens is 309 g/mol. The maximum absolute atomic E-state index is 13.2. The monoisotopic (exact) mass is 337 g/mol. The molecule has 2 rings (SSSR count). The first-order valence-electron chi connectivity index (χ1n) is 8.48. The zero-order chi connectivity index (χ0) is 17.7. The summed E-state index contributed by atoms with van der Waals surface area (Å²) in [6.07, 6.45) is -0.335. The molecule has 1 saturated heterocycles. The molecule has 0 spiro atoms. The summed E-state index contributed by atoms with van der Waals surface area (Å²) in [6.45, 7) is 7.85. The van der Waals surface area contributed by atoms with Gasteiger partial charge < -0.3 is 10.0 Å². The van der Waals surface area contributed by atoms with Crippen molar-refractivity contribution in [3.63, 3.8) is 0 Å². The lowest BCUT2D eigenvalue weighted by molar-refractivity contribution is -0.132. The summed E-state index contributed by atoms with van der Waals surface area (Å²) < 4.78 is 13.2. The zero-order valence-corrected chi connectivity index (χ0v) is 14.8. The third-order valence-electron chi connectivity index (χ3n) is 4.44. The first-order chi connectivity index (χ1) is 11.3. The molecule has 0 aliphatic carbocycles. The van der Waals surface area contributed by atoms with Crippen molar-refractivity contribution in [3.8, 4) is 0 Å². The van der Waals surface area contributed by atoms with Gasteiger partial charge in [0.2, 0.25) is 5.91 Å². The summed E-state index contributed by atoms with van der Waals surface area (Å²) in [6, 6.07) is 6.66. The number of halogens is 1. The largest absolute Gasteiger partial charge is 0.392 e. The Hall–Kier alpha value is -1.50. The first-order valence-corrected chi connectivity index (χ1v) is 8.48. The lowest BCUT2D eigenvalue weighted by atomic mass is 10.1. The van der Waals surface area contributed by atoms with Crippen LogP contribution in [-0.4, -0.2) is 77.6 Å². The predicted octanol–water partition coefficient (Wildman–Crippen LogP) is 1.17. The number of likely N-dealkylation sites (N-methyl/N-ethyl adjacent to an activating group) is 1. The molecule has 1 aromatic rings. The third kappa shape index (κ3) is 5.54. The molecule has 6 heteroatoms. The Morgan fingerprint density at radius 1 is 1.46 bits per heavy atom. The van der Waals surface area contributed by atoms with Crippen LogP contribution in [0, 0.1) is 5.82 Å². The molecular formula is C18H28FN3O2. The van der Waals surface area contributed by atoms with Gasteiger partial charge in [-0.05, 0) is 31.5 Å². The Balaban J connectivity index is 1.82. The smallest absolute Gasteiger partial charge is 0.236 e. The van der Waals surface area contributed by atoms with Crippen LogP contribution < -0.4 is 0 Å². The highest BCUT2D eigenvalue weighted by Crippen LogP contribution is 2.11. The summed E-state index contributed by atoms with van der Waals surface area (Å²) in [5, 5.41) is 9.52. The molecule has 1 aliphatic rings. The van der Waals surface area contributed by atoms with Gasteiger partial charge in [-0.2, -0.15) is 0 Å². The SMILES string of the molecule is CC(O)CN1CCN(CC(=O)N(C)Cc2cccc(F)c2)CC1C. The molecule has 2 atom stereocenters. The van der Waals surface area contributed by atoms with Gasteiger partial charge in [0.05, 0.1) is 12.6 Å². The fraction of sp³-hybridized carbons (Fsp3) is 0.611. The molecule has 5 nitrogen and oxygen atoms in total. The van der Waals surface area contributed by atoms with E-state index in [1.54, 1.807) is 24.9 Å². The normalized spacial score (nSPS) is 20.8. The van der Waals surface area contributed by atoms with E-state index in [0.29, 0.717) is 25.7 Å². The lowest BCUT2D eigenvalue weighted by Crippen LogP contribution is -2.55. The summed E-state index contributed by atoms with van der Waals surface area (Å²) in [5.41, 5.74) is 0.793. The van der Waals surface area contributed by atoms with E-state index in [1.165, 1.54) is 12.1 Å². The number of aliphatic hydroxyl groups is 1. The Kier molecular flexibility index (Phi) is 6.71. The fourth-order valence-electron chi connectivity index (χ4n) is 3.13. The van der Waals surface area contributed by atoms with Crippen LogP contribution in [0.5, 0.6) is 0 Å². The van der Waals surface area contributed by atoms with E-state index in [1.807, 2.05) is 6.07 Å². The number of benzene rings is 1. The van der Waals surface area contributed by atoms with E-state index in [2.05, 4.69) is 16.7 Å². The summed E-state index contributed by atoms with van der Waals surface area (Å²) >= 11 is 0. The van der Waals surface area contributed by atoms with Crippen molar-refractivity contribution < 1.29 is 14.3 Å². The molecule has 2 unspecified atom stereocenters. The number of hydrogen-bond donors (Lipinski definition) is 1. The summed E-state index contributed by atoms with van der Waals surface area (Å²) in [5.74, 6) is -0.244. The van der Waals surface area contributed by atoms with Crippen molar-refractivity contribution in [2.45, 2.75) is 32.5 Å². The number of piperazine rings is 1. The molecule has 24 heavy (non-hydrogen) atoms. The van der Waals surface area contributed by atoms with Crippen molar-refractivity contribution in [2.24, 2.45) is 0 Å². The molecule has 0 saturated carbocycles. The maximum Gasteiger partial charge on any atom is 0.236 e. The Morgan fingerprint density at radius 3 is 2.83 bits per heavy atom. The number of carbonyl (C=O) groups excluding carboxylic acids is 1. The maximum atomic E-state index is 13.2. The van der Waals surface area contributed by atoms with E-state index in [0.717, 1.165) is 25.2 Å². The minimum Gasteiger partial charge on any atom is -0.392 e. The van der Waals surface area contributed by atoms with Crippen LogP contribution in [0.3, 0.4) is 0 Å². The van der Waals surface area contributed by atoms with Crippen LogP contribution in [0.4, 0.5) is 4.39 Å².